The molecule has 1 fully saturated rings. The number of hydrogen-bond acceptors (Lipinski definition) is 1. The van der Waals surface area contributed by atoms with Crippen LogP contribution in [0.3, 0.4) is 0 Å². The molecule has 1 aliphatic carbocycles. The van der Waals surface area contributed by atoms with Crippen molar-refractivity contribution in [3.8, 4) is 0 Å². The van der Waals surface area contributed by atoms with Gasteiger partial charge in [-0.3, -0.25) is 4.79 Å². The third kappa shape index (κ3) is 0.999. The van der Waals surface area contributed by atoms with Gasteiger partial charge >= 0.3 is 0 Å². The van der Waals surface area contributed by atoms with Gasteiger partial charge in [0.1, 0.15) is 0 Å². The quantitative estimate of drug-likeness (QED) is 0.617. The predicted molar refractivity (Wildman–Crippen MR) is 53.8 cm³/mol. The Kier molecular flexibility index (Phi) is 1.63. The summed E-state index contributed by atoms with van der Waals surface area (Å²) in [4.78, 5) is 11.3. The van der Waals surface area contributed by atoms with Crippen molar-refractivity contribution in [1.82, 2.24) is 5.32 Å². The summed E-state index contributed by atoms with van der Waals surface area (Å²) < 4.78 is 0. The standard InChI is InChI=1S/C12H13NO/c14-12-10-7-3-5-8-4-1-2-6-9(8)11(10)13-12/h1-2,4,6,10-11H,3,5,7H2,(H,13,14)/t10-,11+/m1/s1. The average Bonchev–Trinajstić information content (AvgIpc) is 2.35. The summed E-state index contributed by atoms with van der Waals surface area (Å²) in [6, 6.07) is 8.78. The number of fused-ring (bicyclic) bond motifs is 3. The number of rotatable bonds is 0. The summed E-state index contributed by atoms with van der Waals surface area (Å²) in [6.07, 6.45) is 3.31. The highest BCUT2D eigenvalue weighted by molar-refractivity contribution is 5.86. The van der Waals surface area contributed by atoms with E-state index in [0.717, 1.165) is 19.3 Å². The van der Waals surface area contributed by atoms with Crippen molar-refractivity contribution in [3.63, 3.8) is 0 Å². The van der Waals surface area contributed by atoms with E-state index in [1.54, 1.807) is 0 Å². The monoisotopic (exact) mass is 187 g/mol. The highest BCUT2D eigenvalue weighted by atomic mass is 16.2. The lowest BCUT2D eigenvalue weighted by Crippen LogP contribution is -2.51. The average molecular weight is 187 g/mol. The molecule has 1 saturated heterocycles. The van der Waals surface area contributed by atoms with Gasteiger partial charge < -0.3 is 5.32 Å². The van der Waals surface area contributed by atoms with Crippen molar-refractivity contribution in [3.05, 3.63) is 35.4 Å². The first-order valence-corrected chi connectivity index (χ1v) is 5.24. The summed E-state index contributed by atoms with van der Waals surface area (Å²) in [6.45, 7) is 0. The van der Waals surface area contributed by atoms with Crippen LogP contribution in [-0.2, 0) is 11.2 Å². The molecule has 1 N–H and O–H groups in total. The molecule has 2 heteroatoms. The van der Waals surface area contributed by atoms with E-state index in [-0.39, 0.29) is 11.8 Å². The number of aryl methyl sites for hydroxylation is 1. The zero-order valence-corrected chi connectivity index (χ0v) is 7.99. The van der Waals surface area contributed by atoms with Gasteiger partial charge in [-0.1, -0.05) is 24.3 Å². The maximum atomic E-state index is 11.3. The molecule has 2 atom stereocenters. The molecule has 0 radical (unpaired) electrons. The fourth-order valence-corrected chi connectivity index (χ4v) is 2.59. The highest BCUT2D eigenvalue weighted by Gasteiger charge is 2.41. The molecular formula is C12H13NO. The van der Waals surface area contributed by atoms with Crippen LogP contribution in [0.1, 0.15) is 30.0 Å². The molecule has 2 aliphatic rings. The molecule has 1 aliphatic heterocycles. The Bertz CT molecular complexity index is 386. The van der Waals surface area contributed by atoms with Gasteiger partial charge in [-0.25, -0.2) is 0 Å². The van der Waals surface area contributed by atoms with E-state index in [0.29, 0.717) is 6.04 Å². The highest BCUT2D eigenvalue weighted by Crippen LogP contribution is 2.38. The lowest BCUT2D eigenvalue weighted by Gasteiger charge is -2.36. The second kappa shape index (κ2) is 2.84. The lowest BCUT2D eigenvalue weighted by molar-refractivity contribution is -0.135. The van der Waals surface area contributed by atoms with Crippen LogP contribution in [0.25, 0.3) is 0 Å². The molecule has 0 bridgehead atoms. The summed E-state index contributed by atoms with van der Waals surface area (Å²) in [5.74, 6) is 0.491. The van der Waals surface area contributed by atoms with E-state index < -0.39 is 0 Å². The summed E-state index contributed by atoms with van der Waals surface area (Å²) in [5, 5.41) is 3.00. The SMILES string of the molecule is O=C1N[C@H]2c3ccccc3CCC[C@@H]12. The Hall–Kier alpha value is -1.31. The van der Waals surface area contributed by atoms with E-state index in [2.05, 4.69) is 29.6 Å². The van der Waals surface area contributed by atoms with Crippen molar-refractivity contribution in [2.45, 2.75) is 25.3 Å². The van der Waals surface area contributed by atoms with E-state index in [4.69, 9.17) is 0 Å². The third-order valence-electron chi connectivity index (χ3n) is 3.39. The lowest BCUT2D eigenvalue weighted by atomic mass is 9.83. The van der Waals surface area contributed by atoms with Crippen LogP contribution in [0.5, 0.6) is 0 Å². The number of β-lactam (4-membered cyclic amide) rings is 1. The predicted octanol–water partition coefficient (Wildman–Crippen LogP) is 1.81. The molecule has 14 heavy (non-hydrogen) atoms. The Morgan fingerprint density at radius 3 is 3.00 bits per heavy atom. The second-order valence-corrected chi connectivity index (χ2v) is 4.18. The van der Waals surface area contributed by atoms with Crippen LogP contribution < -0.4 is 5.32 Å². The van der Waals surface area contributed by atoms with Gasteiger partial charge in [0.15, 0.2) is 0 Å². The van der Waals surface area contributed by atoms with Crippen molar-refractivity contribution in [2.75, 3.05) is 0 Å². The molecule has 1 aromatic rings. The first kappa shape index (κ1) is 8.04. The summed E-state index contributed by atoms with van der Waals surface area (Å²) in [7, 11) is 0. The summed E-state index contributed by atoms with van der Waals surface area (Å²) in [5.41, 5.74) is 2.76. The van der Waals surface area contributed by atoms with Crippen LogP contribution in [0.2, 0.25) is 0 Å². The number of hydrogen-bond donors (Lipinski definition) is 1. The molecule has 0 spiro atoms. The van der Waals surface area contributed by atoms with E-state index in [1.165, 1.54) is 11.1 Å². The third-order valence-corrected chi connectivity index (χ3v) is 3.39. The van der Waals surface area contributed by atoms with Gasteiger partial charge in [0.05, 0.1) is 12.0 Å². The van der Waals surface area contributed by atoms with Crippen molar-refractivity contribution in [2.24, 2.45) is 5.92 Å². The smallest absolute Gasteiger partial charge is 0.226 e. The fraction of sp³-hybridized carbons (Fsp3) is 0.417. The van der Waals surface area contributed by atoms with Gasteiger partial charge in [-0.05, 0) is 30.4 Å². The second-order valence-electron chi connectivity index (χ2n) is 4.18. The minimum Gasteiger partial charge on any atom is -0.348 e. The first-order valence-electron chi connectivity index (χ1n) is 5.24. The molecule has 3 rings (SSSR count). The molecule has 0 saturated carbocycles. The van der Waals surface area contributed by atoms with Gasteiger partial charge in [0, 0.05) is 0 Å². The Morgan fingerprint density at radius 2 is 2.14 bits per heavy atom. The van der Waals surface area contributed by atoms with Gasteiger partial charge in [0.2, 0.25) is 5.91 Å². The number of amides is 1. The molecule has 2 nitrogen and oxygen atoms in total. The zero-order chi connectivity index (χ0) is 9.54. The number of nitrogens with one attached hydrogen (secondary N) is 1. The van der Waals surface area contributed by atoms with Crippen LogP contribution in [0, 0.1) is 5.92 Å². The number of carbonyl (C=O) groups excluding carboxylic acids is 1. The molecule has 0 aromatic heterocycles. The normalized spacial score (nSPS) is 29.3. The van der Waals surface area contributed by atoms with Crippen LogP contribution in [-0.4, -0.2) is 5.91 Å². The van der Waals surface area contributed by atoms with Crippen molar-refractivity contribution < 1.29 is 4.79 Å². The van der Waals surface area contributed by atoms with E-state index in [1.807, 2.05) is 0 Å². The topological polar surface area (TPSA) is 29.1 Å². The Morgan fingerprint density at radius 1 is 1.29 bits per heavy atom. The molecular weight excluding hydrogens is 174 g/mol. The number of benzene rings is 1. The van der Waals surface area contributed by atoms with Gasteiger partial charge in [-0.2, -0.15) is 0 Å². The van der Waals surface area contributed by atoms with Crippen molar-refractivity contribution in [1.29, 1.82) is 0 Å². The summed E-state index contributed by atoms with van der Waals surface area (Å²) >= 11 is 0. The number of carbonyl (C=O) groups is 1. The minimum absolute atomic E-state index is 0.242. The maximum Gasteiger partial charge on any atom is 0.226 e. The Labute approximate surface area is 83.3 Å². The fourth-order valence-electron chi connectivity index (χ4n) is 2.59. The molecule has 1 heterocycles. The van der Waals surface area contributed by atoms with Crippen LogP contribution in [0.4, 0.5) is 0 Å². The largest absolute Gasteiger partial charge is 0.348 e. The molecule has 1 aromatic carbocycles. The molecule has 72 valence electrons. The van der Waals surface area contributed by atoms with Crippen LogP contribution >= 0.6 is 0 Å². The van der Waals surface area contributed by atoms with E-state index in [9.17, 15) is 4.79 Å². The van der Waals surface area contributed by atoms with Crippen molar-refractivity contribution >= 4 is 5.91 Å². The Balaban J connectivity index is 2.04. The minimum atomic E-state index is 0.242. The van der Waals surface area contributed by atoms with Gasteiger partial charge in [0.25, 0.3) is 0 Å². The van der Waals surface area contributed by atoms with E-state index >= 15 is 0 Å². The first-order chi connectivity index (χ1) is 6.86. The zero-order valence-electron chi connectivity index (χ0n) is 7.99. The van der Waals surface area contributed by atoms with Crippen LogP contribution in [0.15, 0.2) is 24.3 Å². The van der Waals surface area contributed by atoms with Gasteiger partial charge in [-0.15, -0.1) is 0 Å². The molecule has 1 amide bonds. The maximum absolute atomic E-state index is 11.3. The molecule has 0 unspecified atom stereocenters.